The van der Waals surface area contributed by atoms with E-state index in [1.807, 2.05) is 6.07 Å². The van der Waals surface area contributed by atoms with E-state index in [0.29, 0.717) is 21.3 Å². The van der Waals surface area contributed by atoms with Crippen molar-refractivity contribution in [2.75, 3.05) is 5.32 Å². The molecule has 0 atom stereocenters. The minimum Gasteiger partial charge on any atom is -0.488 e. The lowest BCUT2D eigenvalue weighted by Crippen LogP contribution is -2.13. The number of nitriles is 1. The van der Waals surface area contributed by atoms with Gasteiger partial charge in [0.25, 0.3) is 11.6 Å². The molecule has 0 radical (unpaired) electrons. The molecule has 0 saturated carbocycles. The van der Waals surface area contributed by atoms with Crippen molar-refractivity contribution >= 4 is 39.3 Å². The molecule has 0 spiro atoms. The smallest absolute Gasteiger partial charge is 0.271 e. The van der Waals surface area contributed by atoms with E-state index in [2.05, 4.69) is 21.2 Å². The van der Waals surface area contributed by atoms with Gasteiger partial charge in [0.05, 0.1) is 4.92 Å². The van der Waals surface area contributed by atoms with Crippen molar-refractivity contribution in [3.05, 3.63) is 104 Å². The highest BCUT2D eigenvalue weighted by atomic mass is 79.9. The Kier molecular flexibility index (Phi) is 7.31. The van der Waals surface area contributed by atoms with Crippen molar-refractivity contribution in [3.63, 3.8) is 0 Å². The molecule has 0 aliphatic heterocycles. The first kappa shape index (κ1) is 22.7. The SMILES string of the molecule is N#C/C(=C\c1cc(Br)ccc1OCc1cccc(F)c1)C(=O)Nc1cccc([N+](=O)[O-])c1. The number of halogens is 2. The standard InChI is InChI=1S/C23H15BrFN3O4/c24-18-7-8-22(32-14-15-3-1-4-19(25)9-15)16(11-18)10-17(13-26)23(29)27-20-5-2-6-21(12-20)28(30)31/h1-12H,14H2,(H,27,29)/b17-10+. The third kappa shape index (κ3) is 6.00. The molecule has 3 aromatic carbocycles. The van der Waals surface area contributed by atoms with Crippen LogP contribution in [-0.4, -0.2) is 10.8 Å². The fraction of sp³-hybridized carbons (Fsp3) is 0.0435. The average Bonchev–Trinajstić information content (AvgIpc) is 2.77. The Bertz CT molecular complexity index is 1250. The second kappa shape index (κ2) is 10.3. The van der Waals surface area contributed by atoms with Gasteiger partial charge in [0.1, 0.15) is 29.8 Å². The van der Waals surface area contributed by atoms with Crippen molar-refractivity contribution in [2.24, 2.45) is 0 Å². The molecule has 160 valence electrons. The predicted octanol–water partition coefficient (Wildman–Crippen LogP) is 5.62. The first-order valence-electron chi connectivity index (χ1n) is 9.20. The highest BCUT2D eigenvalue weighted by Gasteiger charge is 2.14. The number of nitro groups is 1. The minimum atomic E-state index is -0.732. The molecule has 0 saturated heterocycles. The number of hydrogen-bond donors (Lipinski definition) is 1. The van der Waals surface area contributed by atoms with E-state index in [-0.39, 0.29) is 29.4 Å². The quantitative estimate of drug-likeness (QED) is 0.198. The Balaban J connectivity index is 1.83. The lowest BCUT2D eigenvalue weighted by atomic mass is 10.1. The predicted molar refractivity (Wildman–Crippen MR) is 120 cm³/mol. The molecule has 0 fully saturated rings. The molecule has 0 unspecified atom stereocenters. The van der Waals surface area contributed by atoms with E-state index in [4.69, 9.17) is 4.74 Å². The average molecular weight is 496 g/mol. The molecule has 0 heterocycles. The topological polar surface area (TPSA) is 105 Å². The summed E-state index contributed by atoms with van der Waals surface area (Å²) in [5, 5.41) is 22.9. The molecular weight excluding hydrogens is 481 g/mol. The highest BCUT2D eigenvalue weighted by Crippen LogP contribution is 2.27. The Morgan fingerprint density at radius 2 is 1.97 bits per heavy atom. The Morgan fingerprint density at radius 1 is 1.19 bits per heavy atom. The molecule has 7 nitrogen and oxygen atoms in total. The molecule has 0 aromatic heterocycles. The van der Waals surface area contributed by atoms with Gasteiger partial charge in [-0.3, -0.25) is 14.9 Å². The van der Waals surface area contributed by atoms with Crippen molar-refractivity contribution in [1.82, 2.24) is 0 Å². The second-order valence-electron chi connectivity index (χ2n) is 6.53. The number of rotatable bonds is 7. The molecule has 1 amide bonds. The summed E-state index contributed by atoms with van der Waals surface area (Å²) in [4.78, 5) is 22.9. The Hall–Kier alpha value is -4.03. The fourth-order valence-electron chi connectivity index (χ4n) is 2.75. The third-order valence-electron chi connectivity index (χ3n) is 4.23. The van der Waals surface area contributed by atoms with Crippen LogP contribution in [0.25, 0.3) is 6.08 Å². The second-order valence-corrected chi connectivity index (χ2v) is 7.45. The van der Waals surface area contributed by atoms with Crippen LogP contribution in [0.3, 0.4) is 0 Å². The van der Waals surface area contributed by atoms with E-state index in [1.54, 1.807) is 30.3 Å². The number of hydrogen-bond acceptors (Lipinski definition) is 5. The Labute approximate surface area is 191 Å². The zero-order valence-electron chi connectivity index (χ0n) is 16.4. The molecule has 0 bridgehead atoms. The van der Waals surface area contributed by atoms with E-state index in [9.17, 15) is 24.6 Å². The summed E-state index contributed by atoms with van der Waals surface area (Å²) < 4.78 is 19.9. The van der Waals surface area contributed by atoms with Gasteiger partial charge in [-0.05, 0) is 48.0 Å². The molecule has 1 N–H and O–H groups in total. The van der Waals surface area contributed by atoms with Crippen molar-refractivity contribution in [3.8, 4) is 11.8 Å². The number of nitro benzene ring substituents is 1. The number of anilines is 1. The van der Waals surface area contributed by atoms with E-state index >= 15 is 0 Å². The molecule has 0 aliphatic rings. The maximum atomic E-state index is 13.4. The van der Waals surface area contributed by atoms with Crippen molar-refractivity contribution in [2.45, 2.75) is 6.61 Å². The number of benzene rings is 3. The summed E-state index contributed by atoms with van der Waals surface area (Å²) in [5.41, 5.74) is 0.825. The summed E-state index contributed by atoms with van der Waals surface area (Å²) in [6.45, 7) is 0.0853. The van der Waals surface area contributed by atoms with Gasteiger partial charge in [-0.25, -0.2) is 4.39 Å². The molecule has 9 heteroatoms. The van der Waals surface area contributed by atoms with Crippen LogP contribution in [0.2, 0.25) is 0 Å². The number of carbonyl (C=O) groups excluding carboxylic acids is 1. The van der Waals surface area contributed by atoms with Gasteiger partial charge in [0, 0.05) is 27.9 Å². The zero-order valence-corrected chi connectivity index (χ0v) is 18.0. The lowest BCUT2D eigenvalue weighted by Gasteiger charge is -2.11. The number of nitrogens with zero attached hydrogens (tertiary/aromatic N) is 2. The molecular formula is C23H15BrFN3O4. The summed E-state index contributed by atoms with van der Waals surface area (Å²) in [6, 6.07) is 18.2. The summed E-state index contributed by atoms with van der Waals surface area (Å²) >= 11 is 3.34. The van der Waals surface area contributed by atoms with Gasteiger partial charge in [-0.15, -0.1) is 0 Å². The number of carbonyl (C=O) groups is 1. The van der Waals surface area contributed by atoms with E-state index in [1.165, 1.54) is 42.5 Å². The third-order valence-corrected chi connectivity index (χ3v) is 4.73. The first-order chi connectivity index (χ1) is 15.4. The largest absolute Gasteiger partial charge is 0.488 e. The van der Waals surface area contributed by atoms with Crippen LogP contribution in [0.1, 0.15) is 11.1 Å². The molecule has 3 rings (SSSR count). The number of nitrogens with one attached hydrogen (secondary N) is 1. The molecule has 3 aromatic rings. The van der Waals surface area contributed by atoms with Gasteiger partial charge in [0.2, 0.25) is 0 Å². The van der Waals surface area contributed by atoms with Crippen LogP contribution in [0.5, 0.6) is 5.75 Å². The fourth-order valence-corrected chi connectivity index (χ4v) is 3.13. The minimum absolute atomic E-state index is 0.0853. The monoisotopic (exact) mass is 495 g/mol. The number of non-ortho nitro benzene ring substituents is 1. The van der Waals surface area contributed by atoms with Crippen molar-refractivity contribution in [1.29, 1.82) is 5.26 Å². The van der Waals surface area contributed by atoms with Gasteiger partial charge >= 0.3 is 0 Å². The van der Waals surface area contributed by atoms with Crippen LogP contribution in [0.15, 0.2) is 76.8 Å². The molecule has 0 aliphatic carbocycles. The molecule has 32 heavy (non-hydrogen) atoms. The van der Waals surface area contributed by atoms with Crippen LogP contribution in [0, 0.1) is 27.3 Å². The first-order valence-corrected chi connectivity index (χ1v) is 9.99. The van der Waals surface area contributed by atoms with Gasteiger partial charge in [0.15, 0.2) is 0 Å². The maximum Gasteiger partial charge on any atom is 0.271 e. The van der Waals surface area contributed by atoms with E-state index in [0.717, 1.165) is 0 Å². The Morgan fingerprint density at radius 3 is 2.69 bits per heavy atom. The van der Waals surface area contributed by atoms with Crippen LogP contribution in [0.4, 0.5) is 15.8 Å². The lowest BCUT2D eigenvalue weighted by molar-refractivity contribution is -0.384. The summed E-state index contributed by atoms with van der Waals surface area (Å²) in [5.74, 6) is -0.732. The van der Waals surface area contributed by atoms with Crippen LogP contribution in [-0.2, 0) is 11.4 Å². The van der Waals surface area contributed by atoms with Gasteiger partial charge in [-0.1, -0.05) is 34.1 Å². The van der Waals surface area contributed by atoms with E-state index < -0.39 is 10.8 Å². The van der Waals surface area contributed by atoms with Gasteiger partial charge in [-0.2, -0.15) is 5.26 Å². The summed E-state index contributed by atoms with van der Waals surface area (Å²) in [7, 11) is 0. The normalized spacial score (nSPS) is 10.8. The highest BCUT2D eigenvalue weighted by molar-refractivity contribution is 9.10. The zero-order chi connectivity index (χ0) is 23.1. The van der Waals surface area contributed by atoms with Gasteiger partial charge < -0.3 is 10.1 Å². The maximum absolute atomic E-state index is 13.4. The van der Waals surface area contributed by atoms with Crippen LogP contribution >= 0.6 is 15.9 Å². The number of ether oxygens (including phenoxy) is 1. The summed E-state index contributed by atoms with van der Waals surface area (Å²) in [6.07, 6.45) is 1.35. The van der Waals surface area contributed by atoms with Crippen LogP contribution < -0.4 is 10.1 Å². The number of amides is 1. The van der Waals surface area contributed by atoms with Crippen molar-refractivity contribution < 1.29 is 18.8 Å².